The van der Waals surface area contributed by atoms with Crippen LogP contribution in [0.25, 0.3) is 0 Å². The van der Waals surface area contributed by atoms with E-state index < -0.39 is 12.0 Å². The topological polar surface area (TPSA) is 71.3 Å². The van der Waals surface area contributed by atoms with Crippen LogP contribution in [0.3, 0.4) is 0 Å². The second-order valence-corrected chi connectivity index (χ2v) is 4.78. The molecule has 18 heavy (non-hydrogen) atoms. The Bertz CT molecular complexity index is 475. The first-order valence-electron chi connectivity index (χ1n) is 5.97. The molecular formula is C13H20N2O3. The Morgan fingerprint density at radius 3 is 2.22 bits per heavy atom. The molecule has 0 aromatic carbocycles. The highest BCUT2D eigenvalue weighted by Gasteiger charge is 2.20. The zero-order chi connectivity index (χ0) is 14.0. The van der Waals surface area contributed by atoms with Gasteiger partial charge in [0.1, 0.15) is 6.04 Å². The largest absolute Gasteiger partial charge is 0.480 e. The molecule has 1 atom stereocenters. The summed E-state index contributed by atoms with van der Waals surface area (Å²) in [5.41, 5.74) is 2.39. The summed E-state index contributed by atoms with van der Waals surface area (Å²) in [6.45, 7) is 9.34. The highest BCUT2D eigenvalue weighted by molar-refractivity contribution is 5.97. The molecule has 0 aliphatic rings. The van der Waals surface area contributed by atoms with Crippen LogP contribution in [0, 0.1) is 13.8 Å². The van der Waals surface area contributed by atoms with E-state index in [4.69, 9.17) is 5.11 Å². The molecule has 0 saturated carbocycles. The van der Waals surface area contributed by atoms with E-state index in [2.05, 4.69) is 9.88 Å². The van der Waals surface area contributed by atoms with Crippen molar-refractivity contribution in [2.75, 3.05) is 0 Å². The van der Waals surface area contributed by atoms with Crippen LogP contribution in [0.1, 0.15) is 48.6 Å². The number of aromatic nitrogens is 1. The zero-order valence-electron chi connectivity index (χ0n) is 11.4. The molecule has 1 aromatic rings. The summed E-state index contributed by atoms with van der Waals surface area (Å²) in [5, 5.41) is 11.2. The van der Waals surface area contributed by atoms with Crippen molar-refractivity contribution in [3.05, 3.63) is 23.0 Å². The fourth-order valence-corrected chi connectivity index (χ4v) is 2.14. The summed E-state index contributed by atoms with van der Waals surface area (Å²) in [6.07, 6.45) is 0. The van der Waals surface area contributed by atoms with Crippen molar-refractivity contribution < 1.29 is 14.7 Å². The minimum absolute atomic E-state index is 0.267. The van der Waals surface area contributed by atoms with Gasteiger partial charge >= 0.3 is 5.97 Å². The number of amides is 1. The SMILES string of the molecule is Cc1cc(C(=O)N[C@@H](C)C(=O)O)c(C)n1C(C)C. The third kappa shape index (κ3) is 2.72. The number of aliphatic carboxylic acids is 1. The maximum absolute atomic E-state index is 12.0. The molecule has 100 valence electrons. The number of nitrogens with one attached hydrogen (secondary N) is 1. The van der Waals surface area contributed by atoms with Gasteiger partial charge in [0.15, 0.2) is 0 Å². The number of carbonyl (C=O) groups is 2. The normalized spacial score (nSPS) is 12.6. The van der Waals surface area contributed by atoms with E-state index >= 15 is 0 Å². The monoisotopic (exact) mass is 252 g/mol. The molecule has 0 radical (unpaired) electrons. The van der Waals surface area contributed by atoms with Gasteiger partial charge in [0.2, 0.25) is 0 Å². The molecular weight excluding hydrogens is 232 g/mol. The van der Waals surface area contributed by atoms with E-state index in [0.717, 1.165) is 11.4 Å². The van der Waals surface area contributed by atoms with E-state index in [1.54, 1.807) is 6.07 Å². The summed E-state index contributed by atoms with van der Waals surface area (Å²) in [7, 11) is 0. The molecule has 0 spiro atoms. The Morgan fingerprint density at radius 2 is 1.83 bits per heavy atom. The van der Waals surface area contributed by atoms with E-state index in [9.17, 15) is 9.59 Å². The number of carboxylic acid groups (broad SMARTS) is 1. The van der Waals surface area contributed by atoms with Gasteiger partial charge in [0, 0.05) is 17.4 Å². The summed E-state index contributed by atoms with van der Waals surface area (Å²) in [6, 6.07) is 1.17. The molecule has 0 unspecified atom stereocenters. The maximum atomic E-state index is 12.0. The Hall–Kier alpha value is -1.78. The fourth-order valence-electron chi connectivity index (χ4n) is 2.14. The van der Waals surface area contributed by atoms with Gasteiger partial charge in [-0.15, -0.1) is 0 Å². The van der Waals surface area contributed by atoms with E-state index in [1.807, 2.05) is 27.7 Å². The Labute approximate surface area is 107 Å². The van der Waals surface area contributed by atoms with Gasteiger partial charge in [-0.25, -0.2) is 0 Å². The Kier molecular flexibility index (Phi) is 4.16. The van der Waals surface area contributed by atoms with E-state index in [1.165, 1.54) is 6.92 Å². The van der Waals surface area contributed by atoms with Crippen molar-refractivity contribution >= 4 is 11.9 Å². The summed E-state index contributed by atoms with van der Waals surface area (Å²) in [4.78, 5) is 22.7. The molecule has 1 heterocycles. The average Bonchev–Trinajstić information content (AvgIpc) is 2.53. The first-order chi connectivity index (χ1) is 8.25. The minimum Gasteiger partial charge on any atom is -0.480 e. The molecule has 0 bridgehead atoms. The van der Waals surface area contributed by atoms with Crippen LogP contribution in [0.5, 0.6) is 0 Å². The molecule has 1 aromatic heterocycles. The number of carboxylic acids is 1. The molecule has 1 amide bonds. The predicted molar refractivity (Wildman–Crippen MR) is 68.9 cm³/mol. The smallest absolute Gasteiger partial charge is 0.325 e. The van der Waals surface area contributed by atoms with Crippen molar-refractivity contribution in [3.8, 4) is 0 Å². The van der Waals surface area contributed by atoms with Gasteiger partial charge in [-0.3, -0.25) is 9.59 Å². The van der Waals surface area contributed by atoms with Crippen LogP contribution in [0.2, 0.25) is 0 Å². The van der Waals surface area contributed by atoms with Gasteiger partial charge in [0.05, 0.1) is 5.56 Å². The summed E-state index contributed by atoms with van der Waals surface area (Å²) < 4.78 is 2.06. The lowest BCUT2D eigenvalue weighted by Gasteiger charge is -2.14. The molecule has 5 nitrogen and oxygen atoms in total. The van der Waals surface area contributed by atoms with Crippen LogP contribution in [0.15, 0.2) is 6.07 Å². The highest BCUT2D eigenvalue weighted by atomic mass is 16.4. The van der Waals surface area contributed by atoms with Crippen molar-refractivity contribution in [1.82, 2.24) is 9.88 Å². The Balaban J connectivity index is 3.01. The molecule has 0 fully saturated rings. The quantitative estimate of drug-likeness (QED) is 0.859. The van der Waals surface area contributed by atoms with E-state index in [0.29, 0.717) is 5.56 Å². The fraction of sp³-hybridized carbons (Fsp3) is 0.538. The van der Waals surface area contributed by atoms with Gasteiger partial charge < -0.3 is 15.0 Å². The molecule has 0 aliphatic heterocycles. The molecule has 0 aliphatic carbocycles. The van der Waals surface area contributed by atoms with Crippen molar-refractivity contribution in [1.29, 1.82) is 0 Å². The molecule has 0 saturated heterocycles. The van der Waals surface area contributed by atoms with Crippen LogP contribution in [-0.4, -0.2) is 27.6 Å². The average molecular weight is 252 g/mol. The van der Waals surface area contributed by atoms with Gasteiger partial charge in [0.25, 0.3) is 5.91 Å². The summed E-state index contributed by atoms with van der Waals surface area (Å²) in [5.74, 6) is -1.38. The molecule has 1 rings (SSSR count). The maximum Gasteiger partial charge on any atom is 0.325 e. The second kappa shape index (κ2) is 5.25. The van der Waals surface area contributed by atoms with Crippen molar-refractivity contribution in [3.63, 3.8) is 0 Å². The molecule has 5 heteroatoms. The highest BCUT2D eigenvalue weighted by Crippen LogP contribution is 2.20. The lowest BCUT2D eigenvalue weighted by molar-refractivity contribution is -0.138. The number of nitrogens with zero attached hydrogens (tertiary/aromatic N) is 1. The van der Waals surface area contributed by atoms with Crippen LogP contribution in [0.4, 0.5) is 0 Å². The second-order valence-electron chi connectivity index (χ2n) is 4.78. The number of carbonyl (C=O) groups excluding carboxylic acids is 1. The van der Waals surface area contributed by atoms with Crippen LogP contribution < -0.4 is 5.32 Å². The third-order valence-electron chi connectivity index (χ3n) is 2.96. The van der Waals surface area contributed by atoms with Crippen molar-refractivity contribution in [2.24, 2.45) is 0 Å². The standard InChI is InChI=1S/C13H20N2O3/c1-7(2)15-8(3)6-11(10(15)5)12(16)14-9(4)13(17)18/h6-7,9H,1-5H3,(H,14,16)(H,17,18)/t9-/m0/s1. The number of hydrogen-bond donors (Lipinski definition) is 2. The first-order valence-corrected chi connectivity index (χ1v) is 5.97. The minimum atomic E-state index is -1.04. The lowest BCUT2D eigenvalue weighted by atomic mass is 10.2. The van der Waals surface area contributed by atoms with E-state index in [-0.39, 0.29) is 11.9 Å². The van der Waals surface area contributed by atoms with Gasteiger partial charge in [-0.1, -0.05) is 0 Å². The Morgan fingerprint density at radius 1 is 1.28 bits per heavy atom. The van der Waals surface area contributed by atoms with Gasteiger partial charge in [-0.2, -0.15) is 0 Å². The lowest BCUT2D eigenvalue weighted by Crippen LogP contribution is -2.38. The van der Waals surface area contributed by atoms with Crippen molar-refractivity contribution in [2.45, 2.75) is 46.7 Å². The third-order valence-corrected chi connectivity index (χ3v) is 2.96. The predicted octanol–water partition coefficient (Wildman–Crippen LogP) is 1.89. The van der Waals surface area contributed by atoms with Gasteiger partial charge in [-0.05, 0) is 40.7 Å². The number of hydrogen-bond acceptors (Lipinski definition) is 2. The molecule has 2 N–H and O–H groups in total. The first kappa shape index (κ1) is 14.3. The summed E-state index contributed by atoms with van der Waals surface area (Å²) >= 11 is 0. The van der Waals surface area contributed by atoms with Crippen LogP contribution >= 0.6 is 0 Å². The number of aryl methyl sites for hydroxylation is 1. The van der Waals surface area contributed by atoms with Crippen LogP contribution in [-0.2, 0) is 4.79 Å². The zero-order valence-corrected chi connectivity index (χ0v) is 11.4. The number of rotatable bonds is 4.